The maximum atomic E-state index is 13.8. The molecule has 0 fully saturated rings. The van der Waals surface area contributed by atoms with Crippen molar-refractivity contribution in [2.45, 2.75) is 25.4 Å². The Morgan fingerprint density at radius 2 is 1.71 bits per heavy atom. The third-order valence-electron chi connectivity index (χ3n) is 6.58. The number of hydrogen-bond donors (Lipinski definition) is 1. The van der Waals surface area contributed by atoms with Gasteiger partial charge < -0.3 is 9.88 Å². The summed E-state index contributed by atoms with van der Waals surface area (Å²) >= 11 is 0. The van der Waals surface area contributed by atoms with Gasteiger partial charge in [-0.25, -0.2) is 4.39 Å². The van der Waals surface area contributed by atoms with Crippen LogP contribution in [0, 0.1) is 15.9 Å². The van der Waals surface area contributed by atoms with E-state index in [1.54, 1.807) is 36.7 Å². The molecule has 0 radical (unpaired) electrons. The highest BCUT2D eigenvalue weighted by Gasteiger charge is 2.24. The van der Waals surface area contributed by atoms with Crippen LogP contribution in [-0.2, 0) is 17.9 Å². The van der Waals surface area contributed by atoms with Gasteiger partial charge in [-0.05, 0) is 52.6 Å². The lowest BCUT2D eigenvalue weighted by atomic mass is 9.88. The fraction of sp³-hybridized carbons (Fsp3) is 0.133. The van der Waals surface area contributed by atoms with Gasteiger partial charge in [0.1, 0.15) is 5.82 Å². The Morgan fingerprint density at radius 1 is 0.974 bits per heavy atom. The molecular weight excluding hydrogens is 483 g/mol. The quantitative estimate of drug-likeness (QED) is 0.196. The molecule has 0 saturated heterocycles. The van der Waals surface area contributed by atoms with Crippen LogP contribution in [0.5, 0.6) is 0 Å². The van der Waals surface area contributed by atoms with Gasteiger partial charge in [-0.15, -0.1) is 0 Å². The lowest BCUT2D eigenvalue weighted by Gasteiger charge is -2.17. The Balaban J connectivity index is 1.56. The van der Waals surface area contributed by atoms with Crippen LogP contribution < -0.4 is 5.32 Å². The molecule has 0 saturated carbocycles. The van der Waals surface area contributed by atoms with Crippen LogP contribution in [0.4, 0.5) is 10.1 Å². The average molecular weight is 509 g/mol. The molecule has 2 heterocycles. The second-order valence-electron chi connectivity index (χ2n) is 9.10. The molecule has 7 nitrogen and oxygen atoms in total. The molecule has 38 heavy (non-hydrogen) atoms. The van der Waals surface area contributed by atoms with Crippen LogP contribution in [0.1, 0.15) is 34.6 Å². The number of benzene rings is 3. The van der Waals surface area contributed by atoms with E-state index in [0.717, 1.165) is 27.8 Å². The minimum Gasteiger partial charge on any atom is -0.352 e. The van der Waals surface area contributed by atoms with Gasteiger partial charge in [0.05, 0.1) is 4.92 Å². The summed E-state index contributed by atoms with van der Waals surface area (Å²) in [5.74, 6) is -1.02. The van der Waals surface area contributed by atoms with Gasteiger partial charge >= 0.3 is 0 Å². The van der Waals surface area contributed by atoms with E-state index in [-0.39, 0.29) is 23.8 Å². The monoisotopic (exact) mass is 508 g/mol. The van der Waals surface area contributed by atoms with Crippen molar-refractivity contribution in [3.8, 4) is 0 Å². The number of carbonyl (C=O) groups excluding carboxylic acids is 1. The fourth-order valence-corrected chi connectivity index (χ4v) is 4.68. The van der Waals surface area contributed by atoms with E-state index < -0.39 is 10.8 Å². The molecule has 0 spiro atoms. The zero-order chi connectivity index (χ0) is 26.5. The Hall–Kier alpha value is -4.85. The summed E-state index contributed by atoms with van der Waals surface area (Å²) < 4.78 is 15.8. The lowest BCUT2D eigenvalue weighted by Crippen LogP contribution is -2.25. The Labute approximate surface area is 218 Å². The van der Waals surface area contributed by atoms with Crippen LogP contribution in [0.25, 0.3) is 10.9 Å². The molecule has 0 aliphatic rings. The van der Waals surface area contributed by atoms with E-state index >= 15 is 0 Å². The van der Waals surface area contributed by atoms with Gasteiger partial charge in [-0.1, -0.05) is 42.5 Å². The van der Waals surface area contributed by atoms with Gasteiger partial charge in [-0.2, -0.15) is 0 Å². The molecule has 5 aromatic rings. The number of fused-ring (bicyclic) bond motifs is 1. The number of nitro groups is 1. The van der Waals surface area contributed by atoms with Gasteiger partial charge in [0.25, 0.3) is 5.69 Å². The summed E-state index contributed by atoms with van der Waals surface area (Å²) in [6.45, 7) is 0.901. The number of pyridine rings is 1. The molecule has 2 aromatic heterocycles. The molecule has 8 heteroatoms. The zero-order valence-electron chi connectivity index (χ0n) is 20.5. The largest absolute Gasteiger partial charge is 0.352 e. The average Bonchev–Trinajstić information content (AvgIpc) is 3.29. The van der Waals surface area contributed by atoms with Crippen molar-refractivity contribution in [3.05, 3.63) is 142 Å². The number of nitro benzene ring substituents is 1. The number of rotatable bonds is 9. The fourth-order valence-electron chi connectivity index (χ4n) is 4.68. The maximum absolute atomic E-state index is 13.8. The predicted molar refractivity (Wildman–Crippen MR) is 143 cm³/mol. The summed E-state index contributed by atoms with van der Waals surface area (Å²) in [5, 5.41) is 15.3. The zero-order valence-corrected chi connectivity index (χ0v) is 20.5. The maximum Gasteiger partial charge on any atom is 0.270 e. The molecule has 0 aliphatic carbocycles. The Morgan fingerprint density at radius 3 is 2.42 bits per heavy atom. The van der Waals surface area contributed by atoms with Gasteiger partial charge in [-0.3, -0.25) is 19.9 Å². The van der Waals surface area contributed by atoms with Gasteiger partial charge in [0, 0.05) is 67.1 Å². The second-order valence-corrected chi connectivity index (χ2v) is 9.10. The number of aromatic nitrogens is 2. The molecule has 1 unspecified atom stereocenters. The Bertz CT molecular complexity index is 1570. The third-order valence-corrected chi connectivity index (χ3v) is 6.58. The first-order valence-corrected chi connectivity index (χ1v) is 12.2. The van der Waals surface area contributed by atoms with E-state index in [1.165, 1.54) is 18.2 Å². The van der Waals surface area contributed by atoms with Crippen LogP contribution in [0.2, 0.25) is 0 Å². The first-order valence-electron chi connectivity index (χ1n) is 12.2. The van der Waals surface area contributed by atoms with Crippen molar-refractivity contribution in [2.24, 2.45) is 0 Å². The highest BCUT2D eigenvalue weighted by molar-refractivity contribution is 5.88. The number of halogens is 1. The lowest BCUT2D eigenvalue weighted by molar-refractivity contribution is -0.384. The summed E-state index contributed by atoms with van der Waals surface area (Å²) in [6.07, 6.45) is 5.37. The number of nitrogens with one attached hydrogen (secondary N) is 1. The first kappa shape index (κ1) is 24.8. The molecule has 0 bridgehead atoms. The molecule has 3 aromatic carbocycles. The van der Waals surface area contributed by atoms with E-state index in [1.807, 2.05) is 53.2 Å². The number of non-ortho nitro benzene ring substituents is 1. The SMILES string of the molecule is O=C(CC(c1ccc(F)cc1)c1cn(Cc2ccccc2)c2ccc([N+](=O)[O-])cc12)NCc1ccncc1. The normalized spacial score (nSPS) is 11.8. The molecule has 1 N–H and O–H groups in total. The van der Waals surface area contributed by atoms with E-state index in [2.05, 4.69) is 10.3 Å². The van der Waals surface area contributed by atoms with Crippen LogP contribution in [-0.4, -0.2) is 20.4 Å². The summed E-state index contributed by atoms with van der Waals surface area (Å²) in [7, 11) is 0. The minimum atomic E-state index is -0.449. The molecule has 0 aliphatic heterocycles. The topological polar surface area (TPSA) is 90.1 Å². The van der Waals surface area contributed by atoms with Crippen molar-refractivity contribution in [1.82, 2.24) is 14.9 Å². The highest BCUT2D eigenvalue weighted by Crippen LogP contribution is 2.37. The van der Waals surface area contributed by atoms with Crippen LogP contribution in [0.3, 0.4) is 0 Å². The number of hydrogen-bond acceptors (Lipinski definition) is 4. The summed E-state index contributed by atoms with van der Waals surface area (Å²) in [6, 6.07) is 24.4. The van der Waals surface area contributed by atoms with E-state index in [4.69, 9.17) is 0 Å². The number of carbonyl (C=O) groups is 1. The smallest absolute Gasteiger partial charge is 0.270 e. The second kappa shape index (κ2) is 11.0. The van der Waals surface area contributed by atoms with Crippen molar-refractivity contribution in [3.63, 3.8) is 0 Å². The molecule has 1 atom stereocenters. The molecule has 1 amide bonds. The third kappa shape index (κ3) is 5.59. The standard InChI is InChI=1S/C30H25FN4O3/c31-24-8-6-23(7-9-24)26(17-30(36)33-18-21-12-14-32-15-13-21)28-20-34(19-22-4-2-1-3-5-22)29-11-10-25(35(37)38)16-27(28)29/h1-16,20,26H,17-19H2,(H,33,36). The first-order chi connectivity index (χ1) is 18.5. The minimum absolute atomic E-state index is 0.0313. The van der Waals surface area contributed by atoms with Crippen molar-refractivity contribution < 1.29 is 14.1 Å². The van der Waals surface area contributed by atoms with Gasteiger partial charge in [0.15, 0.2) is 0 Å². The van der Waals surface area contributed by atoms with Gasteiger partial charge in [0.2, 0.25) is 5.91 Å². The van der Waals surface area contributed by atoms with Crippen molar-refractivity contribution in [2.75, 3.05) is 0 Å². The number of nitrogens with zero attached hydrogens (tertiary/aromatic N) is 3. The van der Waals surface area contributed by atoms with Crippen LogP contribution >= 0.6 is 0 Å². The molecular formula is C30H25FN4O3. The van der Waals surface area contributed by atoms with Crippen LogP contribution in [0.15, 0.2) is 104 Å². The summed E-state index contributed by atoms with van der Waals surface area (Å²) in [5.41, 5.74) is 4.29. The predicted octanol–water partition coefficient (Wildman–Crippen LogP) is 5.97. The van der Waals surface area contributed by atoms with Crippen molar-refractivity contribution >= 4 is 22.5 Å². The molecule has 5 rings (SSSR count). The molecule has 190 valence electrons. The summed E-state index contributed by atoms with van der Waals surface area (Å²) in [4.78, 5) is 28.3. The number of amides is 1. The van der Waals surface area contributed by atoms with E-state index in [9.17, 15) is 19.3 Å². The Kier molecular flexibility index (Phi) is 7.21. The van der Waals surface area contributed by atoms with Crippen molar-refractivity contribution in [1.29, 1.82) is 0 Å². The highest BCUT2D eigenvalue weighted by atomic mass is 19.1. The van der Waals surface area contributed by atoms with E-state index in [0.29, 0.717) is 18.5 Å².